The van der Waals surface area contributed by atoms with Crippen molar-refractivity contribution in [2.45, 2.75) is 25.2 Å². The minimum atomic E-state index is -0.0171. The Morgan fingerprint density at radius 1 is 0.946 bits per heavy atom. The van der Waals surface area contributed by atoms with Crippen molar-refractivity contribution in [1.29, 1.82) is 0 Å². The van der Waals surface area contributed by atoms with Crippen LogP contribution in [0.4, 0.5) is 5.69 Å². The molecular weight excluding hydrogens is 486 g/mol. The molecule has 0 unspecified atom stereocenters. The number of amides is 2. The molecule has 0 spiro atoms. The summed E-state index contributed by atoms with van der Waals surface area (Å²) in [6, 6.07) is 23.4. The molecule has 2 amide bonds. The molecular formula is C30H32ClN3O3. The van der Waals surface area contributed by atoms with Crippen LogP contribution in [0.25, 0.3) is 0 Å². The largest absolute Gasteiger partial charge is 0.482 e. The predicted octanol–water partition coefficient (Wildman–Crippen LogP) is 4.92. The summed E-state index contributed by atoms with van der Waals surface area (Å²) in [5.41, 5.74) is 3.90. The first-order valence-corrected chi connectivity index (χ1v) is 13.3. The molecule has 0 aromatic heterocycles. The lowest BCUT2D eigenvalue weighted by atomic mass is 9.86. The molecule has 0 atom stereocenters. The Morgan fingerprint density at radius 3 is 2.49 bits per heavy atom. The van der Waals surface area contributed by atoms with Gasteiger partial charge in [-0.3, -0.25) is 9.59 Å². The number of ether oxygens (including phenoxy) is 1. The average molecular weight is 518 g/mol. The lowest BCUT2D eigenvalue weighted by molar-refractivity contribution is -0.121. The number of rotatable bonds is 8. The maximum Gasteiger partial charge on any atom is 0.265 e. The summed E-state index contributed by atoms with van der Waals surface area (Å²) in [4.78, 5) is 29.8. The third-order valence-electron chi connectivity index (χ3n) is 7.29. The lowest BCUT2D eigenvalue weighted by Crippen LogP contribution is -2.45. The van der Waals surface area contributed by atoms with Gasteiger partial charge in [0.1, 0.15) is 5.75 Å². The number of likely N-dealkylation sites (tertiary alicyclic amines) is 1. The molecule has 5 rings (SSSR count). The number of hydrogen-bond acceptors (Lipinski definition) is 4. The van der Waals surface area contributed by atoms with Crippen molar-refractivity contribution in [1.82, 2.24) is 10.2 Å². The summed E-state index contributed by atoms with van der Waals surface area (Å²) >= 11 is 5.96. The van der Waals surface area contributed by atoms with Gasteiger partial charge in [0.2, 0.25) is 0 Å². The van der Waals surface area contributed by atoms with Gasteiger partial charge >= 0.3 is 0 Å². The minimum Gasteiger partial charge on any atom is -0.482 e. The second-order valence-corrected chi connectivity index (χ2v) is 10.1. The van der Waals surface area contributed by atoms with Crippen molar-refractivity contribution in [3.63, 3.8) is 0 Å². The Bertz CT molecular complexity index is 1240. The van der Waals surface area contributed by atoms with Gasteiger partial charge in [0.05, 0.1) is 5.69 Å². The molecule has 1 saturated heterocycles. The summed E-state index contributed by atoms with van der Waals surface area (Å²) in [6.45, 7) is 4.03. The first kappa shape index (κ1) is 25.3. The SMILES string of the molecule is O=C(NCCc1ccc(Cl)cc1)c1ccccc1C1CCN(CCN2C(=O)COc3ccccc32)CC1. The maximum atomic E-state index is 13.0. The van der Waals surface area contributed by atoms with E-state index in [0.717, 1.165) is 67.0 Å². The van der Waals surface area contributed by atoms with E-state index in [2.05, 4.69) is 16.3 Å². The molecule has 7 heteroatoms. The summed E-state index contributed by atoms with van der Waals surface area (Å²) < 4.78 is 5.56. The van der Waals surface area contributed by atoms with Crippen LogP contribution in [0.5, 0.6) is 5.75 Å². The highest BCUT2D eigenvalue weighted by Crippen LogP contribution is 2.33. The van der Waals surface area contributed by atoms with Gasteiger partial charge in [-0.05, 0) is 79.7 Å². The molecule has 6 nitrogen and oxygen atoms in total. The fraction of sp³-hybridized carbons (Fsp3) is 0.333. The molecule has 0 aliphatic carbocycles. The summed E-state index contributed by atoms with van der Waals surface area (Å²) in [5, 5.41) is 3.80. The van der Waals surface area contributed by atoms with Gasteiger partial charge < -0.3 is 19.9 Å². The molecule has 3 aromatic rings. The molecule has 37 heavy (non-hydrogen) atoms. The van der Waals surface area contributed by atoms with Crippen molar-refractivity contribution in [2.24, 2.45) is 0 Å². The quantitative estimate of drug-likeness (QED) is 0.461. The van der Waals surface area contributed by atoms with Crippen molar-refractivity contribution >= 4 is 29.1 Å². The number of para-hydroxylation sites is 2. The second-order valence-electron chi connectivity index (χ2n) is 9.64. The van der Waals surface area contributed by atoms with Gasteiger partial charge in [0.25, 0.3) is 11.8 Å². The van der Waals surface area contributed by atoms with Crippen LogP contribution < -0.4 is 15.0 Å². The van der Waals surface area contributed by atoms with Crippen LogP contribution in [0.2, 0.25) is 5.02 Å². The van der Waals surface area contributed by atoms with E-state index in [9.17, 15) is 9.59 Å². The van der Waals surface area contributed by atoms with Gasteiger partial charge in [-0.25, -0.2) is 0 Å². The van der Waals surface area contributed by atoms with Gasteiger partial charge in [-0.2, -0.15) is 0 Å². The minimum absolute atomic E-state index is 0.00425. The number of hydrogen-bond donors (Lipinski definition) is 1. The molecule has 0 radical (unpaired) electrons. The number of halogens is 1. The molecule has 2 aliphatic heterocycles. The highest BCUT2D eigenvalue weighted by Gasteiger charge is 2.28. The van der Waals surface area contributed by atoms with Crippen molar-refractivity contribution in [2.75, 3.05) is 44.2 Å². The predicted molar refractivity (Wildman–Crippen MR) is 147 cm³/mol. The first-order valence-electron chi connectivity index (χ1n) is 12.9. The highest BCUT2D eigenvalue weighted by atomic mass is 35.5. The average Bonchev–Trinajstić information content (AvgIpc) is 2.94. The number of nitrogens with one attached hydrogen (secondary N) is 1. The number of benzene rings is 3. The zero-order chi connectivity index (χ0) is 25.6. The number of anilines is 1. The zero-order valence-electron chi connectivity index (χ0n) is 20.9. The molecule has 1 N–H and O–H groups in total. The molecule has 0 saturated carbocycles. The maximum absolute atomic E-state index is 13.0. The van der Waals surface area contributed by atoms with Crippen molar-refractivity contribution < 1.29 is 14.3 Å². The topological polar surface area (TPSA) is 61.9 Å². The van der Waals surface area contributed by atoms with Crippen molar-refractivity contribution in [3.05, 3.63) is 94.5 Å². The molecule has 2 heterocycles. The van der Waals surface area contributed by atoms with Crippen molar-refractivity contribution in [3.8, 4) is 5.75 Å². The number of carbonyl (C=O) groups is 2. The van der Waals surface area contributed by atoms with Crippen LogP contribution in [-0.2, 0) is 11.2 Å². The Morgan fingerprint density at radius 2 is 1.68 bits per heavy atom. The van der Waals surface area contributed by atoms with E-state index in [4.69, 9.17) is 16.3 Å². The standard InChI is InChI=1S/C30H32ClN3O3/c31-24-11-9-22(10-12-24)13-16-32-30(36)26-6-2-1-5-25(26)23-14-17-33(18-15-23)19-20-34-27-7-3-4-8-28(27)37-21-29(34)35/h1-12,23H,13-21H2,(H,32,36). The lowest BCUT2D eigenvalue weighted by Gasteiger charge is -2.35. The Kier molecular flexibility index (Phi) is 8.07. The van der Waals surface area contributed by atoms with Crippen LogP contribution in [0.3, 0.4) is 0 Å². The number of carbonyl (C=O) groups excluding carboxylic acids is 2. The molecule has 0 bridgehead atoms. The van der Waals surface area contributed by atoms with E-state index in [1.165, 1.54) is 0 Å². The summed E-state index contributed by atoms with van der Waals surface area (Å²) in [5.74, 6) is 1.10. The smallest absolute Gasteiger partial charge is 0.265 e. The number of piperidine rings is 1. The molecule has 1 fully saturated rings. The van der Waals surface area contributed by atoms with E-state index in [1.54, 1.807) is 0 Å². The van der Waals surface area contributed by atoms with Crippen LogP contribution in [0.1, 0.15) is 40.2 Å². The normalized spacial score (nSPS) is 16.2. The molecule has 3 aromatic carbocycles. The Labute approximate surface area is 223 Å². The van der Waals surface area contributed by atoms with E-state index in [-0.39, 0.29) is 18.4 Å². The van der Waals surface area contributed by atoms with E-state index in [0.29, 0.717) is 24.0 Å². The van der Waals surface area contributed by atoms with Crippen LogP contribution >= 0.6 is 11.6 Å². The second kappa shape index (κ2) is 11.8. The fourth-order valence-electron chi connectivity index (χ4n) is 5.23. The van der Waals surface area contributed by atoms with Gasteiger partial charge in [0, 0.05) is 30.2 Å². The van der Waals surface area contributed by atoms with Gasteiger partial charge in [-0.15, -0.1) is 0 Å². The van der Waals surface area contributed by atoms with Crippen LogP contribution in [-0.4, -0.2) is 56.0 Å². The van der Waals surface area contributed by atoms with E-state index in [1.807, 2.05) is 71.6 Å². The Balaban J connectivity index is 1.14. The van der Waals surface area contributed by atoms with Gasteiger partial charge in [-0.1, -0.05) is 54.1 Å². The Hall–Kier alpha value is -3.35. The summed E-state index contributed by atoms with van der Waals surface area (Å²) in [6.07, 6.45) is 2.74. The number of fused-ring (bicyclic) bond motifs is 1. The number of nitrogens with zero attached hydrogens (tertiary/aromatic N) is 2. The molecule has 2 aliphatic rings. The van der Waals surface area contributed by atoms with E-state index < -0.39 is 0 Å². The highest BCUT2D eigenvalue weighted by molar-refractivity contribution is 6.30. The van der Waals surface area contributed by atoms with Crippen LogP contribution in [0.15, 0.2) is 72.8 Å². The molecule has 192 valence electrons. The summed E-state index contributed by atoms with van der Waals surface area (Å²) in [7, 11) is 0. The first-order chi connectivity index (χ1) is 18.1. The van der Waals surface area contributed by atoms with Crippen LogP contribution in [0, 0.1) is 0 Å². The fourth-order valence-corrected chi connectivity index (χ4v) is 5.36. The van der Waals surface area contributed by atoms with E-state index >= 15 is 0 Å². The monoisotopic (exact) mass is 517 g/mol. The third-order valence-corrected chi connectivity index (χ3v) is 7.55. The third kappa shape index (κ3) is 6.14. The van der Waals surface area contributed by atoms with Gasteiger partial charge in [0.15, 0.2) is 6.61 Å². The zero-order valence-corrected chi connectivity index (χ0v) is 21.6.